The van der Waals surface area contributed by atoms with Gasteiger partial charge in [-0.3, -0.25) is 4.79 Å². The number of aromatic nitrogens is 2. The van der Waals surface area contributed by atoms with Gasteiger partial charge in [0.25, 0.3) is 0 Å². The van der Waals surface area contributed by atoms with Crippen LogP contribution in [0.2, 0.25) is 0 Å². The van der Waals surface area contributed by atoms with Crippen LogP contribution in [0.3, 0.4) is 0 Å². The average Bonchev–Trinajstić information content (AvgIpc) is 2.43. The number of Topliss-reactive ketones (excluding diaryl/α,β-unsaturated/α-hetero) is 1. The van der Waals surface area contributed by atoms with Gasteiger partial charge < -0.3 is 4.74 Å². The van der Waals surface area contributed by atoms with Gasteiger partial charge in [0, 0.05) is 12.5 Å². The summed E-state index contributed by atoms with van der Waals surface area (Å²) in [5, 5.41) is 7.71. The van der Waals surface area contributed by atoms with Crippen molar-refractivity contribution in [2.24, 2.45) is 5.92 Å². The fourth-order valence-electron chi connectivity index (χ4n) is 1.89. The molecule has 18 heavy (non-hydrogen) atoms. The van der Waals surface area contributed by atoms with Crippen molar-refractivity contribution in [2.45, 2.75) is 46.0 Å². The second kappa shape index (κ2) is 7.80. The molecule has 4 nitrogen and oxygen atoms in total. The molecule has 1 atom stereocenters. The number of nitrogens with zero attached hydrogens (tertiary/aromatic N) is 2. The summed E-state index contributed by atoms with van der Waals surface area (Å²) < 4.78 is 4.92. The van der Waals surface area contributed by atoms with E-state index in [1.165, 1.54) is 20.0 Å². The monoisotopic (exact) mass is 250 g/mol. The molecule has 0 spiro atoms. The van der Waals surface area contributed by atoms with Crippen molar-refractivity contribution < 1.29 is 9.53 Å². The molecule has 0 aliphatic heterocycles. The van der Waals surface area contributed by atoms with Gasteiger partial charge >= 0.3 is 0 Å². The number of methoxy groups -OCH3 is 1. The van der Waals surface area contributed by atoms with Crippen LogP contribution in [-0.4, -0.2) is 23.1 Å². The minimum Gasteiger partial charge on any atom is -0.480 e. The Hall–Kier alpha value is -1.45. The molecular formula is C14H22N2O2. The molecule has 1 aromatic rings. The van der Waals surface area contributed by atoms with Gasteiger partial charge in [-0.15, -0.1) is 10.2 Å². The van der Waals surface area contributed by atoms with Crippen LogP contribution in [0.4, 0.5) is 0 Å². The van der Waals surface area contributed by atoms with Crippen LogP contribution < -0.4 is 4.74 Å². The van der Waals surface area contributed by atoms with E-state index in [2.05, 4.69) is 24.0 Å². The number of ether oxygens (including phenoxy) is 1. The lowest BCUT2D eigenvalue weighted by Crippen LogP contribution is -2.10. The Balaban J connectivity index is 2.56. The highest BCUT2D eigenvalue weighted by Gasteiger charge is 2.15. The molecule has 100 valence electrons. The van der Waals surface area contributed by atoms with Crippen LogP contribution in [0, 0.1) is 5.92 Å². The van der Waals surface area contributed by atoms with E-state index in [1.54, 1.807) is 12.1 Å². The van der Waals surface area contributed by atoms with E-state index in [9.17, 15) is 4.79 Å². The average molecular weight is 250 g/mol. The second-order valence-electron chi connectivity index (χ2n) is 4.50. The van der Waals surface area contributed by atoms with Crippen LogP contribution >= 0.6 is 0 Å². The minimum absolute atomic E-state index is 0.0770. The van der Waals surface area contributed by atoms with Gasteiger partial charge in [-0.25, -0.2) is 0 Å². The lowest BCUT2D eigenvalue weighted by Gasteiger charge is -2.12. The summed E-state index contributed by atoms with van der Waals surface area (Å²) >= 11 is 0. The van der Waals surface area contributed by atoms with Crippen LogP contribution in [0.5, 0.6) is 5.88 Å². The summed E-state index contributed by atoms with van der Waals surface area (Å²) in [4.78, 5) is 12.0. The molecule has 1 unspecified atom stereocenters. The Kier molecular flexibility index (Phi) is 6.33. The molecular weight excluding hydrogens is 228 g/mol. The van der Waals surface area contributed by atoms with E-state index in [0.29, 0.717) is 23.9 Å². The maximum Gasteiger partial charge on any atom is 0.233 e. The molecule has 0 saturated heterocycles. The normalized spacial score (nSPS) is 12.2. The first kappa shape index (κ1) is 14.6. The topological polar surface area (TPSA) is 52.1 Å². The lowest BCUT2D eigenvalue weighted by molar-refractivity contribution is 0.0951. The molecule has 0 bridgehead atoms. The van der Waals surface area contributed by atoms with Gasteiger partial charge in [0.05, 0.1) is 7.11 Å². The third-order valence-corrected chi connectivity index (χ3v) is 3.15. The van der Waals surface area contributed by atoms with Gasteiger partial charge in [0.15, 0.2) is 5.78 Å². The van der Waals surface area contributed by atoms with Crippen molar-refractivity contribution in [3.05, 3.63) is 17.8 Å². The summed E-state index contributed by atoms with van der Waals surface area (Å²) in [7, 11) is 1.53. The Labute approximate surface area is 109 Å². The quantitative estimate of drug-likeness (QED) is 0.664. The minimum atomic E-state index is 0.0770. The molecule has 1 rings (SSSR count). The van der Waals surface area contributed by atoms with E-state index in [4.69, 9.17) is 4.74 Å². The first-order valence-corrected chi connectivity index (χ1v) is 6.62. The van der Waals surface area contributed by atoms with Gasteiger partial charge in [-0.1, -0.05) is 39.5 Å². The maximum absolute atomic E-state index is 12.0. The van der Waals surface area contributed by atoms with Gasteiger partial charge in [0.1, 0.15) is 5.69 Å². The van der Waals surface area contributed by atoms with E-state index in [-0.39, 0.29) is 5.78 Å². The zero-order valence-electron chi connectivity index (χ0n) is 11.5. The number of ketones is 1. The zero-order chi connectivity index (χ0) is 13.4. The molecule has 0 amide bonds. The SMILES string of the molecule is CCCCC(CC)CC(=O)c1ccc(OC)nn1. The highest BCUT2D eigenvalue weighted by molar-refractivity contribution is 5.94. The Bertz CT molecular complexity index is 363. The molecule has 0 aromatic carbocycles. The van der Waals surface area contributed by atoms with Crippen LogP contribution in [-0.2, 0) is 0 Å². The highest BCUT2D eigenvalue weighted by Crippen LogP contribution is 2.19. The summed E-state index contributed by atoms with van der Waals surface area (Å²) in [5.41, 5.74) is 0.436. The molecule has 0 aliphatic carbocycles. The standard InChI is InChI=1S/C14H22N2O2/c1-4-6-7-11(5-2)10-13(17)12-8-9-14(18-3)16-15-12/h8-9,11H,4-7,10H2,1-3H3. The fraction of sp³-hybridized carbons (Fsp3) is 0.643. The highest BCUT2D eigenvalue weighted by atomic mass is 16.5. The molecule has 0 N–H and O–H groups in total. The van der Waals surface area contributed by atoms with Crippen molar-refractivity contribution in [1.82, 2.24) is 10.2 Å². The molecule has 0 aliphatic rings. The van der Waals surface area contributed by atoms with Crippen molar-refractivity contribution >= 4 is 5.78 Å². The van der Waals surface area contributed by atoms with E-state index in [1.807, 2.05) is 0 Å². The third-order valence-electron chi connectivity index (χ3n) is 3.15. The largest absolute Gasteiger partial charge is 0.480 e. The van der Waals surface area contributed by atoms with E-state index >= 15 is 0 Å². The smallest absolute Gasteiger partial charge is 0.233 e. The molecule has 0 saturated carbocycles. The predicted octanol–water partition coefficient (Wildman–Crippen LogP) is 3.27. The van der Waals surface area contributed by atoms with Gasteiger partial charge in [-0.05, 0) is 12.0 Å². The van der Waals surface area contributed by atoms with Crippen molar-refractivity contribution in [2.75, 3.05) is 7.11 Å². The zero-order valence-corrected chi connectivity index (χ0v) is 11.5. The summed E-state index contributed by atoms with van der Waals surface area (Å²) in [6.07, 6.45) is 5.07. The van der Waals surface area contributed by atoms with Crippen LogP contribution in [0.25, 0.3) is 0 Å². The summed E-state index contributed by atoms with van der Waals surface area (Å²) in [5.74, 6) is 0.971. The number of hydrogen-bond acceptors (Lipinski definition) is 4. The Morgan fingerprint density at radius 1 is 1.33 bits per heavy atom. The molecule has 4 heteroatoms. The van der Waals surface area contributed by atoms with Crippen molar-refractivity contribution in [3.8, 4) is 5.88 Å². The van der Waals surface area contributed by atoms with Crippen molar-refractivity contribution in [1.29, 1.82) is 0 Å². The molecule has 0 fully saturated rings. The summed E-state index contributed by atoms with van der Waals surface area (Å²) in [6, 6.07) is 3.36. The van der Waals surface area contributed by atoms with Crippen LogP contribution in [0.1, 0.15) is 56.4 Å². The number of unbranched alkanes of at least 4 members (excludes halogenated alkanes) is 1. The van der Waals surface area contributed by atoms with Crippen LogP contribution in [0.15, 0.2) is 12.1 Å². The molecule has 0 radical (unpaired) electrons. The first-order chi connectivity index (χ1) is 8.71. The van der Waals surface area contributed by atoms with Gasteiger partial charge in [-0.2, -0.15) is 0 Å². The predicted molar refractivity (Wildman–Crippen MR) is 70.8 cm³/mol. The fourth-order valence-corrected chi connectivity index (χ4v) is 1.89. The number of hydrogen-bond donors (Lipinski definition) is 0. The number of rotatable bonds is 8. The summed E-state index contributed by atoms with van der Waals surface area (Å²) in [6.45, 7) is 4.30. The second-order valence-corrected chi connectivity index (χ2v) is 4.50. The maximum atomic E-state index is 12.0. The third kappa shape index (κ3) is 4.43. The van der Waals surface area contributed by atoms with E-state index < -0.39 is 0 Å². The molecule has 1 aromatic heterocycles. The lowest BCUT2D eigenvalue weighted by atomic mass is 9.93. The van der Waals surface area contributed by atoms with E-state index in [0.717, 1.165) is 12.8 Å². The Morgan fingerprint density at radius 2 is 2.11 bits per heavy atom. The van der Waals surface area contributed by atoms with Crippen molar-refractivity contribution in [3.63, 3.8) is 0 Å². The van der Waals surface area contributed by atoms with Gasteiger partial charge in [0.2, 0.25) is 5.88 Å². The number of carbonyl (C=O) groups is 1. The number of carbonyl (C=O) groups excluding carboxylic acids is 1. The first-order valence-electron chi connectivity index (χ1n) is 6.62. The molecule has 1 heterocycles. The Morgan fingerprint density at radius 3 is 2.61 bits per heavy atom.